The lowest BCUT2D eigenvalue weighted by Gasteiger charge is -2.01. The van der Waals surface area contributed by atoms with E-state index in [0.29, 0.717) is 5.69 Å². The first-order chi connectivity index (χ1) is 9.79. The average molecular weight is 268 g/mol. The van der Waals surface area contributed by atoms with E-state index in [0.717, 1.165) is 17.0 Å². The van der Waals surface area contributed by atoms with Gasteiger partial charge in [0.15, 0.2) is 5.95 Å². The van der Waals surface area contributed by atoms with Crippen LogP contribution in [0, 0.1) is 0 Å². The van der Waals surface area contributed by atoms with Gasteiger partial charge in [0, 0.05) is 12.1 Å². The molecule has 1 aromatic heterocycles. The van der Waals surface area contributed by atoms with E-state index in [1.54, 1.807) is 31.4 Å². The molecule has 0 spiro atoms. The highest BCUT2D eigenvalue weighted by Crippen LogP contribution is 2.25. The van der Waals surface area contributed by atoms with E-state index in [2.05, 4.69) is 5.27 Å². The molecule has 5 nitrogen and oxygen atoms in total. The Kier molecular flexibility index (Phi) is 3.09. The van der Waals surface area contributed by atoms with Crippen molar-refractivity contribution >= 4 is 0 Å². The number of benzene rings is 2. The van der Waals surface area contributed by atoms with Crippen LogP contribution in [0.25, 0.3) is 16.9 Å². The summed E-state index contributed by atoms with van der Waals surface area (Å²) in [4.78, 5) is 0. The third-order valence-electron chi connectivity index (χ3n) is 2.97. The van der Waals surface area contributed by atoms with Gasteiger partial charge >= 0.3 is 0 Å². The first kappa shape index (κ1) is 12.2. The Hall–Kier alpha value is -2.82. The van der Waals surface area contributed by atoms with Crippen LogP contribution in [0.3, 0.4) is 0 Å². The fourth-order valence-corrected chi connectivity index (χ4v) is 1.98. The second-order valence-electron chi connectivity index (χ2n) is 4.18. The molecular weight excluding hydrogens is 256 g/mol. The second-order valence-corrected chi connectivity index (χ2v) is 4.18. The van der Waals surface area contributed by atoms with Gasteiger partial charge in [0.05, 0.1) is 17.9 Å². The lowest BCUT2D eigenvalue weighted by atomic mass is 10.1. The van der Waals surface area contributed by atoms with Crippen molar-refractivity contribution in [2.45, 2.75) is 0 Å². The maximum Gasteiger partial charge on any atom is 0.270 e. The van der Waals surface area contributed by atoms with Gasteiger partial charge in [-0.25, -0.2) is 0 Å². The first-order valence-corrected chi connectivity index (χ1v) is 6.08. The van der Waals surface area contributed by atoms with Crippen molar-refractivity contribution in [2.24, 2.45) is 0 Å². The van der Waals surface area contributed by atoms with Gasteiger partial charge in [0.25, 0.3) is 5.69 Å². The largest absolute Gasteiger partial charge is 0.539 e. The Morgan fingerprint density at radius 3 is 2.40 bits per heavy atom. The molecule has 20 heavy (non-hydrogen) atoms. The highest BCUT2D eigenvalue weighted by molar-refractivity contribution is 5.61. The molecule has 0 atom stereocenters. The van der Waals surface area contributed by atoms with Crippen molar-refractivity contribution in [3.63, 3.8) is 0 Å². The van der Waals surface area contributed by atoms with Gasteiger partial charge < -0.3 is 14.4 Å². The summed E-state index contributed by atoms with van der Waals surface area (Å²) in [7, 11) is 1.59. The van der Waals surface area contributed by atoms with Gasteiger partial charge in [-0.05, 0) is 28.9 Å². The fraction of sp³-hybridized carbons (Fsp3) is 0.0667. The number of hydrogen-bond donors (Lipinski definition) is 0. The summed E-state index contributed by atoms with van der Waals surface area (Å²) >= 11 is 0. The fourth-order valence-electron chi connectivity index (χ4n) is 1.98. The summed E-state index contributed by atoms with van der Waals surface area (Å²) < 4.78 is 11.4. The summed E-state index contributed by atoms with van der Waals surface area (Å²) in [6.07, 6.45) is 0. The topological polar surface area (TPSA) is 62.2 Å². The van der Waals surface area contributed by atoms with E-state index < -0.39 is 5.95 Å². The van der Waals surface area contributed by atoms with Crippen LogP contribution in [-0.4, -0.2) is 12.4 Å². The molecule has 0 radical (unpaired) electrons. The molecule has 100 valence electrons. The summed E-state index contributed by atoms with van der Waals surface area (Å²) in [5, 5.41) is 15.7. The lowest BCUT2D eigenvalue weighted by Crippen LogP contribution is -2.34. The van der Waals surface area contributed by atoms with E-state index in [1.807, 2.05) is 30.3 Å². The zero-order chi connectivity index (χ0) is 13.9. The van der Waals surface area contributed by atoms with Crippen LogP contribution in [0.15, 0.2) is 59.1 Å². The zero-order valence-corrected chi connectivity index (χ0v) is 10.8. The van der Waals surface area contributed by atoms with E-state index in [9.17, 15) is 5.11 Å². The number of rotatable bonds is 3. The molecule has 3 aromatic rings. The monoisotopic (exact) mass is 268 g/mol. The summed E-state index contributed by atoms with van der Waals surface area (Å²) in [6, 6.07) is 16.5. The van der Waals surface area contributed by atoms with Crippen molar-refractivity contribution in [1.82, 2.24) is 5.27 Å². The SMILES string of the molecule is COc1ccc(-c2c([O-])on[n+]2-c2ccccc2)cc1. The standard InChI is InChI=1S/C15H12N2O3/c1-19-13-9-7-11(8-10-13)14-15(18)20-16-17(14)12-5-3-2-4-6-12/h2-10H,1H3. The minimum Gasteiger partial charge on any atom is -0.539 e. The van der Waals surface area contributed by atoms with Crippen LogP contribution in [0.1, 0.15) is 0 Å². The minimum absolute atomic E-state index is 0.388. The predicted octanol–water partition coefficient (Wildman–Crippen LogP) is 1.70. The van der Waals surface area contributed by atoms with E-state index in [-0.39, 0.29) is 0 Å². The van der Waals surface area contributed by atoms with Crippen LogP contribution in [0.5, 0.6) is 11.7 Å². The van der Waals surface area contributed by atoms with Crippen molar-refractivity contribution in [2.75, 3.05) is 7.11 Å². The van der Waals surface area contributed by atoms with Crippen LogP contribution in [-0.2, 0) is 0 Å². The number of aromatic nitrogens is 2. The Bertz CT molecular complexity index is 706. The number of methoxy groups -OCH3 is 1. The van der Waals surface area contributed by atoms with Crippen molar-refractivity contribution in [3.8, 4) is 28.6 Å². The predicted molar refractivity (Wildman–Crippen MR) is 69.5 cm³/mol. The molecule has 3 rings (SSSR count). The van der Waals surface area contributed by atoms with Crippen LogP contribution in [0.4, 0.5) is 0 Å². The highest BCUT2D eigenvalue weighted by atomic mass is 16.6. The van der Waals surface area contributed by atoms with Crippen molar-refractivity contribution in [1.29, 1.82) is 0 Å². The number of hydrogen-bond acceptors (Lipinski definition) is 4. The highest BCUT2D eigenvalue weighted by Gasteiger charge is 2.21. The second kappa shape index (κ2) is 5.05. The Labute approximate surface area is 115 Å². The van der Waals surface area contributed by atoms with Crippen molar-refractivity contribution in [3.05, 3.63) is 54.6 Å². The molecule has 0 aliphatic rings. The van der Waals surface area contributed by atoms with E-state index in [1.165, 1.54) is 4.68 Å². The molecule has 0 aliphatic carbocycles. The molecule has 0 N–H and O–H groups in total. The average Bonchev–Trinajstić information content (AvgIpc) is 2.90. The molecule has 1 heterocycles. The van der Waals surface area contributed by atoms with Gasteiger partial charge in [-0.15, -0.1) is 0 Å². The summed E-state index contributed by atoms with van der Waals surface area (Å²) in [6.45, 7) is 0. The van der Waals surface area contributed by atoms with E-state index in [4.69, 9.17) is 9.26 Å². The summed E-state index contributed by atoms with van der Waals surface area (Å²) in [5.41, 5.74) is 1.88. The zero-order valence-electron chi connectivity index (χ0n) is 10.8. The molecule has 5 heteroatoms. The Morgan fingerprint density at radius 2 is 1.75 bits per heavy atom. The molecule has 0 amide bonds. The van der Waals surface area contributed by atoms with Crippen LogP contribution >= 0.6 is 0 Å². The van der Waals surface area contributed by atoms with Crippen LogP contribution in [0.2, 0.25) is 0 Å². The van der Waals surface area contributed by atoms with Crippen molar-refractivity contribution < 1.29 is 19.0 Å². The molecule has 0 aliphatic heterocycles. The Balaban J connectivity index is 2.11. The normalized spacial score (nSPS) is 10.4. The molecule has 0 unspecified atom stereocenters. The van der Waals surface area contributed by atoms with Gasteiger partial charge in [0.2, 0.25) is 5.69 Å². The van der Waals surface area contributed by atoms with E-state index >= 15 is 0 Å². The number of para-hydroxylation sites is 1. The molecule has 0 saturated heterocycles. The minimum atomic E-state index is -0.473. The van der Waals surface area contributed by atoms with Crippen LogP contribution < -0.4 is 14.5 Å². The smallest absolute Gasteiger partial charge is 0.270 e. The molecule has 2 aromatic carbocycles. The number of nitrogens with zero attached hydrogens (tertiary/aromatic N) is 2. The third kappa shape index (κ3) is 2.09. The maximum atomic E-state index is 11.9. The number of ether oxygens (including phenoxy) is 1. The molecule has 0 bridgehead atoms. The summed E-state index contributed by atoms with van der Waals surface area (Å²) in [5.74, 6) is 0.253. The Morgan fingerprint density at radius 1 is 1.05 bits per heavy atom. The van der Waals surface area contributed by atoms with Gasteiger partial charge in [-0.2, -0.15) is 0 Å². The molecule has 0 fully saturated rings. The maximum absolute atomic E-state index is 11.9. The lowest BCUT2D eigenvalue weighted by molar-refractivity contribution is -0.660. The van der Waals surface area contributed by atoms with Gasteiger partial charge in [0.1, 0.15) is 5.75 Å². The van der Waals surface area contributed by atoms with Gasteiger partial charge in [-0.1, -0.05) is 18.2 Å². The molecular formula is C15H12N2O3. The van der Waals surface area contributed by atoms with Gasteiger partial charge in [-0.3, -0.25) is 0 Å². The third-order valence-corrected chi connectivity index (χ3v) is 2.97. The first-order valence-electron chi connectivity index (χ1n) is 6.08. The molecule has 0 saturated carbocycles. The quantitative estimate of drug-likeness (QED) is 0.678.